The van der Waals surface area contributed by atoms with Crippen LogP contribution in [-0.2, 0) is 0 Å². The van der Waals surface area contributed by atoms with Gasteiger partial charge in [0.15, 0.2) is 0 Å². The molecular formula is C40H26N2OS. The first-order valence-corrected chi connectivity index (χ1v) is 15.6. The summed E-state index contributed by atoms with van der Waals surface area (Å²) >= 11 is 1.84. The van der Waals surface area contributed by atoms with Crippen LogP contribution < -0.4 is 5.32 Å². The molecule has 0 spiro atoms. The predicted octanol–water partition coefficient (Wildman–Crippen LogP) is 10.8. The Morgan fingerprint density at radius 3 is 2.16 bits per heavy atom. The number of furan rings is 1. The summed E-state index contributed by atoms with van der Waals surface area (Å²) in [5.74, 6) is 0.826. The molecule has 0 aliphatic carbocycles. The smallest absolute Gasteiger partial charge is 0.136 e. The van der Waals surface area contributed by atoms with Gasteiger partial charge >= 0.3 is 0 Å². The molecular weight excluding hydrogens is 557 g/mol. The van der Waals surface area contributed by atoms with Crippen molar-refractivity contribution in [3.8, 4) is 11.1 Å². The molecule has 1 aliphatic heterocycles. The van der Waals surface area contributed by atoms with Crippen molar-refractivity contribution >= 4 is 65.0 Å². The van der Waals surface area contributed by atoms with Gasteiger partial charge in [-0.2, -0.15) is 0 Å². The van der Waals surface area contributed by atoms with E-state index in [9.17, 15) is 0 Å². The molecule has 1 atom stereocenters. The highest BCUT2D eigenvalue weighted by molar-refractivity contribution is 7.25. The Balaban J connectivity index is 1.27. The second-order valence-electron chi connectivity index (χ2n) is 11.2. The molecule has 44 heavy (non-hydrogen) atoms. The second-order valence-corrected chi connectivity index (χ2v) is 12.3. The van der Waals surface area contributed by atoms with Crippen LogP contribution in [0.5, 0.6) is 0 Å². The molecule has 3 nitrogen and oxygen atoms in total. The Kier molecular flexibility index (Phi) is 5.75. The van der Waals surface area contributed by atoms with Crippen molar-refractivity contribution < 1.29 is 4.42 Å². The molecule has 208 valence electrons. The third-order valence-electron chi connectivity index (χ3n) is 8.52. The van der Waals surface area contributed by atoms with E-state index in [2.05, 4.69) is 133 Å². The standard InChI is InChI=1S/C40H26N2OS/c1-3-11-25(12-4-1)33-24-34(26-13-5-2-6-14-26)42-40(41-33)28-21-32(39-31-16-7-9-17-35(31)43-36(39)22-28)27-19-20-30-29-15-8-10-18-37(29)44-38(30)23-27/h1-24,33H,(H,41,42). The molecule has 6 aromatic carbocycles. The van der Waals surface area contributed by atoms with Gasteiger partial charge in [-0.1, -0.05) is 109 Å². The number of aliphatic imine (C=N–C) groups is 1. The van der Waals surface area contributed by atoms with Crippen LogP contribution in [0, 0.1) is 0 Å². The molecule has 1 N–H and O–H groups in total. The van der Waals surface area contributed by atoms with Gasteiger partial charge in [0.25, 0.3) is 0 Å². The van der Waals surface area contributed by atoms with Crippen molar-refractivity contribution in [1.29, 1.82) is 0 Å². The number of rotatable bonds is 4. The lowest BCUT2D eigenvalue weighted by Gasteiger charge is -2.25. The Morgan fingerprint density at radius 2 is 1.30 bits per heavy atom. The van der Waals surface area contributed by atoms with Crippen molar-refractivity contribution in [2.75, 3.05) is 0 Å². The summed E-state index contributed by atoms with van der Waals surface area (Å²) in [4.78, 5) is 5.20. The van der Waals surface area contributed by atoms with Gasteiger partial charge in [0.2, 0.25) is 0 Å². The lowest BCUT2D eigenvalue weighted by atomic mass is 9.95. The molecule has 1 aliphatic rings. The minimum absolute atomic E-state index is 0.0244. The minimum atomic E-state index is -0.0244. The number of nitrogens with one attached hydrogen (secondary N) is 1. The summed E-state index contributed by atoms with van der Waals surface area (Å²) < 4.78 is 9.09. The molecule has 0 saturated carbocycles. The van der Waals surface area contributed by atoms with Crippen molar-refractivity contribution in [3.63, 3.8) is 0 Å². The lowest BCUT2D eigenvalue weighted by Crippen LogP contribution is -2.31. The molecule has 0 fully saturated rings. The van der Waals surface area contributed by atoms with Gasteiger partial charge in [-0.05, 0) is 58.7 Å². The summed E-state index contributed by atoms with van der Waals surface area (Å²) in [7, 11) is 0. The van der Waals surface area contributed by atoms with E-state index in [1.807, 2.05) is 29.5 Å². The highest BCUT2D eigenvalue weighted by atomic mass is 32.1. The molecule has 9 rings (SSSR count). The molecule has 0 bridgehead atoms. The van der Waals surface area contributed by atoms with Gasteiger partial charge < -0.3 is 9.73 Å². The molecule has 3 heterocycles. The third kappa shape index (κ3) is 4.15. The van der Waals surface area contributed by atoms with Crippen LogP contribution in [0.15, 0.2) is 155 Å². The molecule has 8 aromatic rings. The first kappa shape index (κ1) is 25.1. The predicted molar refractivity (Wildman–Crippen MR) is 185 cm³/mol. The van der Waals surface area contributed by atoms with E-state index < -0.39 is 0 Å². The maximum absolute atomic E-state index is 6.51. The zero-order valence-electron chi connectivity index (χ0n) is 23.7. The van der Waals surface area contributed by atoms with Gasteiger partial charge in [0.1, 0.15) is 17.0 Å². The van der Waals surface area contributed by atoms with Gasteiger partial charge in [0, 0.05) is 36.5 Å². The topological polar surface area (TPSA) is 37.5 Å². The Labute approximate surface area is 258 Å². The monoisotopic (exact) mass is 582 g/mol. The molecule has 0 radical (unpaired) electrons. The van der Waals surface area contributed by atoms with E-state index in [0.29, 0.717) is 0 Å². The fraction of sp³-hybridized carbons (Fsp3) is 0.0250. The van der Waals surface area contributed by atoms with E-state index in [4.69, 9.17) is 9.41 Å². The summed E-state index contributed by atoms with van der Waals surface area (Å²) in [6.45, 7) is 0. The Bertz CT molecular complexity index is 2420. The van der Waals surface area contributed by atoms with E-state index in [1.165, 1.54) is 25.7 Å². The fourth-order valence-corrected chi connectivity index (χ4v) is 7.55. The van der Waals surface area contributed by atoms with Crippen LogP contribution in [0.2, 0.25) is 0 Å². The first-order valence-electron chi connectivity index (χ1n) is 14.8. The van der Waals surface area contributed by atoms with Crippen LogP contribution in [0.4, 0.5) is 0 Å². The second kappa shape index (κ2) is 10.1. The van der Waals surface area contributed by atoms with E-state index in [0.717, 1.165) is 55.7 Å². The van der Waals surface area contributed by atoms with E-state index >= 15 is 0 Å². The number of thiophene rings is 1. The lowest BCUT2D eigenvalue weighted by molar-refractivity contribution is 0.668. The van der Waals surface area contributed by atoms with E-state index in [1.54, 1.807) is 0 Å². The maximum Gasteiger partial charge on any atom is 0.136 e. The average molecular weight is 583 g/mol. The number of benzene rings is 6. The SMILES string of the molecule is C1=C(c2ccccc2)N=C(c2cc(-c3ccc4c(c3)sc3ccccc34)c3c(c2)oc2ccccc23)NC1c1ccccc1. The number of amidine groups is 1. The zero-order valence-corrected chi connectivity index (χ0v) is 24.5. The fourth-order valence-electron chi connectivity index (χ4n) is 6.41. The van der Waals surface area contributed by atoms with Crippen molar-refractivity contribution in [2.24, 2.45) is 4.99 Å². The zero-order chi connectivity index (χ0) is 29.0. The number of hydrogen-bond donors (Lipinski definition) is 1. The van der Waals surface area contributed by atoms with Crippen LogP contribution in [-0.4, -0.2) is 5.84 Å². The van der Waals surface area contributed by atoms with Crippen molar-refractivity contribution in [3.05, 3.63) is 162 Å². The number of fused-ring (bicyclic) bond motifs is 6. The molecule has 4 heteroatoms. The summed E-state index contributed by atoms with van der Waals surface area (Å²) in [6, 6.07) is 49.1. The molecule has 1 unspecified atom stereocenters. The highest BCUT2D eigenvalue weighted by Crippen LogP contribution is 2.41. The average Bonchev–Trinajstić information content (AvgIpc) is 3.66. The van der Waals surface area contributed by atoms with Gasteiger partial charge in [0.05, 0.1) is 11.7 Å². The number of para-hydroxylation sites is 1. The van der Waals surface area contributed by atoms with Gasteiger partial charge in [-0.25, -0.2) is 4.99 Å². The summed E-state index contributed by atoms with van der Waals surface area (Å²) in [6.07, 6.45) is 2.21. The first-order chi connectivity index (χ1) is 21.8. The summed E-state index contributed by atoms with van der Waals surface area (Å²) in [5, 5.41) is 8.58. The quantitative estimate of drug-likeness (QED) is 0.224. The van der Waals surface area contributed by atoms with Crippen LogP contribution >= 0.6 is 11.3 Å². The van der Waals surface area contributed by atoms with Crippen molar-refractivity contribution in [1.82, 2.24) is 5.32 Å². The largest absolute Gasteiger partial charge is 0.456 e. The van der Waals surface area contributed by atoms with Crippen LogP contribution in [0.3, 0.4) is 0 Å². The molecule has 0 amide bonds. The third-order valence-corrected chi connectivity index (χ3v) is 9.65. The number of nitrogens with zero attached hydrogens (tertiary/aromatic N) is 1. The molecule has 2 aromatic heterocycles. The number of hydrogen-bond acceptors (Lipinski definition) is 4. The van der Waals surface area contributed by atoms with Crippen LogP contribution in [0.25, 0.3) is 58.9 Å². The highest BCUT2D eigenvalue weighted by Gasteiger charge is 2.22. The van der Waals surface area contributed by atoms with Gasteiger partial charge in [-0.15, -0.1) is 11.3 Å². The Morgan fingerprint density at radius 1 is 0.568 bits per heavy atom. The normalized spacial score (nSPS) is 15.0. The Hall–Kier alpha value is -5.45. The van der Waals surface area contributed by atoms with Gasteiger partial charge in [-0.3, -0.25) is 0 Å². The molecule has 0 saturated heterocycles. The van der Waals surface area contributed by atoms with Crippen molar-refractivity contribution in [2.45, 2.75) is 6.04 Å². The summed E-state index contributed by atoms with van der Waals surface area (Å²) in [5.41, 5.74) is 8.26. The minimum Gasteiger partial charge on any atom is -0.456 e. The maximum atomic E-state index is 6.51. The van der Waals surface area contributed by atoms with Crippen LogP contribution in [0.1, 0.15) is 22.7 Å². The van der Waals surface area contributed by atoms with E-state index in [-0.39, 0.29) is 6.04 Å².